The predicted molar refractivity (Wildman–Crippen MR) is 110 cm³/mol. The van der Waals surface area contributed by atoms with Crippen LogP contribution in [0.25, 0.3) is 10.9 Å². The number of pyridine rings is 1. The fourth-order valence-corrected chi connectivity index (χ4v) is 3.92. The van der Waals surface area contributed by atoms with E-state index in [9.17, 15) is 0 Å². The molecule has 2 aromatic rings. The molecule has 25 heavy (non-hydrogen) atoms. The van der Waals surface area contributed by atoms with Gasteiger partial charge in [-0.15, -0.1) is 24.8 Å². The highest BCUT2D eigenvalue weighted by Gasteiger charge is 2.22. The zero-order valence-corrected chi connectivity index (χ0v) is 16.8. The van der Waals surface area contributed by atoms with Crippen LogP contribution in [0.4, 0.5) is 0 Å². The van der Waals surface area contributed by atoms with Crippen molar-refractivity contribution in [3.63, 3.8) is 0 Å². The number of fused-ring (bicyclic) bond motifs is 1. The van der Waals surface area contributed by atoms with Gasteiger partial charge in [0.2, 0.25) is 0 Å². The maximum absolute atomic E-state index is 5.37. The first-order valence-electron chi connectivity index (χ1n) is 8.94. The molecule has 0 saturated carbocycles. The second kappa shape index (κ2) is 10.8. The molecule has 1 aromatic heterocycles. The van der Waals surface area contributed by atoms with Crippen LogP contribution < -0.4 is 10.1 Å². The van der Waals surface area contributed by atoms with Crippen molar-refractivity contribution in [3.05, 3.63) is 36.0 Å². The van der Waals surface area contributed by atoms with Crippen LogP contribution in [0, 0.1) is 11.8 Å². The lowest BCUT2D eigenvalue weighted by atomic mass is 9.81. The van der Waals surface area contributed by atoms with E-state index in [2.05, 4.69) is 35.4 Å². The minimum atomic E-state index is 0. The number of aryl methyl sites for hydroxylation is 1. The van der Waals surface area contributed by atoms with Crippen LogP contribution in [0.5, 0.6) is 5.75 Å². The average molecular weight is 385 g/mol. The molecular weight excluding hydrogens is 355 g/mol. The Labute approximate surface area is 163 Å². The molecule has 0 radical (unpaired) electrons. The zero-order valence-electron chi connectivity index (χ0n) is 15.2. The van der Waals surface area contributed by atoms with Gasteiger partial charge in [0, 0.05) is 11.6 Å². The van der Waals surface area contributed by atoms with Crippen LogP contribution in [0.15, 0.2) is 30.5 Å². The molecule has 1 aromatic carbocycles. The van der Waals surface area contributed by atoms with E-state index in [1.807, 2.05) is 12.3 Å². The number of methoxy groups -OCH3 is 1. The molecule has 3 nitrogen and oxygen atoms in total. The van der Waals surface area contributed by atoms with Gasteiger partial charge in [0.1, 0.15) is 5.75 Å². The number of nitrogens with zero attached hydrogens (tertiary/aromatic N) is 1. The number of rotatable bonds is 6. The molecule has 0 bridgehead atoms. The number of nitrogens with one attached hydrogen (secondary N) is 1. The average Bonchev–Trinajstić information content (AvgIpc) is 2.62. The Balaban J connectivity index is 0.00000156. The lowest BCUT2D eigenvalue weighted by Gasteiger charge is -2.31. The molecule has 0 amide bonds. The number of piperidine rings is 1. The van der Waals surface area contributed by atoms with Crippen LogP contribution in [0.3, 0.4) is 0 Å². The molecule has 1 aliphatic heterocycles. The molecule has 5 heteroatoms. The highest BCUT2D eigenvalue weighted by molar-refractivity contribution is 5.85. The van der Waals surface area contributed by atoms with Crippen molar-refractivity contribution in [2.75, 3.05) is 20.2 Å². The van der Waals surface area contributed by atoms with Gasteiger partial charge in [0.05, 0.1) is 12.6 Å². The number of hydrogen-bond acceptors (Lipinski definition) is 3. The molecule has 1 N–H and O–H groups in total. The minimum Gasteiger partial charge on any atom is -0.497 e. The SMILES string of the molecule is CCC1CNCCC1CCCc1ccnc2ccc(OC)cc12.Cl.Cl. The van der Waals surface area contributed by atoms with Crippen molar-refractivity contribution >= 4 is 35.7 Å². The maximum atomic E-state index is 5.37. The third kappa shape index (κ3) is 5.47. The Kier molecular flexibility index (Phi) is 9.55. The molecular formula is C20H30Cl2N2O. The van der Waals surface area contributed by atoms with Gasteiger partial charge in [-0.05, 0) is 80.4 Å². The largest absolute Gasteiger partial charge is 0.497 e. The highest BCUT2D eigenvalue weighted by atomic mass is 35.5. The van der Waals surface area contributed by atoms with Crippen molar-refractivity contribution in [1.29, 1.82) is 0 Å². The molecule has 3 rings (SSSR count). The number of aromatic nitrogens is 1. The van der Waals surface area contributed by atoms with E-state index >= 15 is 0 Å². The summed E-state index contributed by atoms with van der Waals surface area (Å²) < 4.78 is 5.37. The molecule has 1 aliphatic rings. The van der Waals surface area contributed by atoms with Crippen molar-refractivity contribution in [3.8, 4) is 5.75 Å². The summed E-state index contributed by atoms with van der Waals surface area (Å²) in [6.45, 7) is 4.72. The van der Waals surface area contributed by atoms with Gasteiger partial charge in [-0.25, -0.2) is 0 Å². The molecule has 0 aliphatic carbocycles. The molecule has 140 valence electrons. The van der Waals surface area contributed by atoms with Crippen molar-refractivity contribution in [2.24, 2.45) is 11.8 Å². The second-order valence-corrected chi connectivity index (χ2v) is 6.67. The maximum Gasteiger partial charge on any atom is 0.119 e. The Hall–Kier alpha value is -1.03. The summed E-state index contributed by atoms with van der Waals surface area (Å²) in [6, 6.07) is 8.33. The molecule has 2 atom stereocenters. The number of halogens is 2. The predicted octanol–water partition coefficient (Wildman–Crippen LogP) is 5.05. The third-order valence-electron chi connectivity index (χ3n) is 5.35. The highest BCUT2D eigenvalue weighted by Crippen LogP contribution is 2.28. The smallest absolute Gasteiger partial charge is 0.119 e. The van der Waals surface area contributed by atoms with Crippen LogP contribution in [0.1, 0.15) is 38.2 Å². The first-order valence-corrected chi connectivity index (χ1v) is 8.94. The van der Waals surface area contributed by atoms with Crippen LogP contribution in [-0.2, 0) is 6.42 Å². The number of hydrogen-bond donors (Lipinski definition) is 1. The van der Waals surface area contributed by atoms with Crippen LogP contribution >= 0.6 is 24.8 Å². The molecule has 2 unspecified atom stereocenters. The van der Waals surface area contributed by atoms with E-state index in [1.165, 1.54) is 49.7 Å². The van der Waals surface area contributed by atoms with Crippen LogP contribution in [0.2, 0.25) is 0 Å². The van der Waals surface area contributed by atoms with Gasteiger partial charge in [-0.1, -0.05) is 13.3 Å². The van der Waals surface area contributed by atoms with E-state index in [-0.39, 0.29) is 24.8 Å². The number of benzene rings is 1. The van der Waals surface area contributed by atoms with Crippen LogP contribution in [-0.4, -0.2) is 25.2 Å². The van der Waals surface area contributed by atoms with Gasteiger partial charge >= 0.3 is 0 Å². The normalized spacial score (nSPS) is 19.8. The third-order valence-corrected chi connectivity index (χ3v) is 5.35. The molecule has 1 saturated heterocycles. The zero-order chi connectivity index (χ0) is 16.1. The topological polar surface area (TPSA) is 34.2 Å². The molecule has 1 fully saturated rings. The molecule has 2 heterocycles. The van der Waals surface area contributed by atoms with E-state index in [1.54, 1.807) is 7.11 Å². The van der Waals surface area contributed by atoms with E-state index in [4.69, 9.17) is 4.74 Å². The lowest BCUT2D eigenvalue weighted by Crippen LogP contribution is -2.36. The van der Waals surface area contributed by atoms with Crippen molar-refractivity contribution in [1.82, 2.24) is 10.3 Å². The van der Waals surface area contributed by atoms with Gasteiger partial charge in [0.25, 0.3) is 0 Å². The monoisotopic (exact) mass is 384 g/mol. The van der Waals surface area contributed by atoms with Crippen molar-refractivity contribution < 1.29 is 4.74 Å². The van der Waals surface area contributed by atoms with Crippen molar-refractivity contribution in [2.45, 2.75) is 39.0 Å². The quantitative estimate of drug-likeness (QED) is 0.756. The Morgan fingerprint density at radius 3 is 2.80 bits per heavy atom. The molecule has 0 spiro atoms. The Morgan fingerprint density at radius 2 is 2.04 bits per heavy atom. The summed E-state index contributed by atoms with van der Waals surface area (Å²) in [5.41, 5.74) is 2.47. The van der Waals surface area contributed by atoms with Gasteiger partial charge in [-0.3, -0.25) is 4.98 Å². The fraction of sp³-hybridized carbons (Fsp3) is 0.550. The minimum absolute atomic E-state index is 0. The van der Waals surface area contributed by atoms with Gasteiger partial charge in [-0.2, -0.15) is 0 Å². The first-order chi connectivity index (χ1) is 11.3. The fourth-order valence-electron chi connectivity index (χ4n) is 3.92. The van der Waals surface area contributed by atoms with E-state index in [0.717, 1.165) is 29.5 Å². The summed E-state index contributed by atoms with van der Waals surface area (Å²) in [5.74, 6) is 2.66. The van der Waals surface area contributed by atoms with E-state index in [0.29, 0.717) is 0 Å². The summed E-state index contributed by atoms with van der Waals surface area (Å²) in [5, 5.41) is 4.78. The summed E-state index contributed by atoms with van der Waals surface area (Å²) in [4.78, 5) is 4.48. The standard InChI is InChI=1S/C20H28N2O.2ClH/c1-3-15-14-21-11-9-16(15)5-4-6-17-10-12-22-20-8-7-18(23-2)13-19(17)20;;/h7-8,10,12-13,15-16,21H,3-6,9,11,14H2,1-2H3;2*1H. The van der Waals surface area contributed by atoms with Gasteiger partial charge in [0.15, 0.2) is 0 Å². The summed E-state index contributed by atoms with van der Waals surface area (Å²) in [7, 11) is 1.72. The first kappa shape index (κ1) is 22.0. The number of ether oxygens (including phenoxy) is 1. The summed E-state index contributed by atoms with van der Waals surface area (Å²) in [6.07, 6.45) is 8.30. The lowest BCUT2D eigenvalue weighted by molar-refractivity contribution is 0.230. The second-order valence-electron chi connectivity index (χ2n) is 6.67. The summed E-state index contributed by atoms with van der Waals surface area (Å²) >= 11 is 0. The van der Waals surface area contributed by atoms with Gasteiger partial charge < -0.3 is 10.1 Å². The van der Waals surface area contributed by atoms with E-state index < -0.39 is 0 Å². The Morgan fingerprint density at radius 1 is 1.20 bits per heavy atom. The Bertz CT molecular complexity index is 651.